The normalized spacial score (nSPS) is 12.2. The topological polar surface area (TPSA) is 77.5 Å². The Morgan fingerprint density at radius 2 is 2.00 bits per heavy atom. The van der Waals surface area contributed by atoms with Crippen LogP contribution in [0.25, 0.3) is 16.3 Å². The number of nitro benzene ring substituents is 1. The zero-order chi connectivity index (χ0) is 18.8. The third kappa shape index (κ3) is 3.74. The van der Waals surface area contributed by atoms with Crippen molar-refractivity contribution in [3.63, 3.8) is 0 Å². The summed E-state index contributed by atoms with van der Waals surface area (Å²) in [5, 5.41) is 11.3. The van der Waals surface area contributed by atoms with Crippen LogP contribution in [0.5, 0.6) is 0 Å². The molecule has 0 saturated carbocycles. The van der Waals surface area contributed by atoms with E-state index in [4.69, 9.17) is 11.6 Å². The Labute approximate surface area is 157 Å². The van der Waals surface area contributed by atoms with Gasteiger partial charge in [0.25, 0.3) is 11.6 Å². The number of benzene rings is 2. The number of aryl methyl sites for hydroxylation is 2. The van der Waals surface area contributed by atoms with Crippen LogP contribution in [0.1, 0.15) is 11.1 Å². The molecule has 6 nitrogen and oxygen atoms in total. The lowest BCUT2D eigenvalue weighted by Gasteiger charge is -2.00. The highest BCUT2D eigenvalue weighted by atomic mass is 35.5. The zero-order valence-electron chi connectivity index (χ0n) is 14.0. The van der Waals surface area contributed by atoms with Crippen molar-refractivity contribution in [2.45, 2.75) is 6.92 Å². The Morgan fingerprint density at radius 1 is 1.31 bits per heavy atom. The van der Waals surface area contributed by atoms with Crippen molar-refractivity contribution in [2.75, 3.05) is 0 Å². The maximum Gasteiger partial charge on any atom is 0.272 e. The van der Waals surface area contributed by atoms with Crippen LogP contribution in [0.2, 0.25) is 5.02 Å². The number of carbonyl (C=O) groups is 1. The van der Waals surface area contributed by atoms with Crippen LogP contribution < -0.4 is 4.80 Å². The van der Waals surface area contributed by atoms with E-state index in [2.05, 4.69) is 4.99 Å². The van der Waals surface area contributed by atoms with Crippen LogP contribution in [-0.4, -0.2) is 15.4 Å². The highest BCUT2D eigenvalue weighted by Gasteiger charge is 2.08. The van der Waals surface area contributed by atoms with Crippen LogP contribution in [0, 0.1) is 17.0 Å². The second-order valence-corrected chi connectivity index (χ2v) is 7.09. The summed E-state index contributed by atoms with van der Waals surface area (Å²) >= 11 is 7.48. The van der Waals surface area contributed by atoms with Crippen LogP contribution in [-0.2, 0) is 11.8 Å². The molecule has 8 heteroatoms. The van der Waals surface area contributed by atoms with Gasteiger partial charge in [-0.2, -0.15) is 4.99 Å². The van der Waals surface area contributed by atoms with Crippen molar-refractivity contribution in [2.24, 2.45) is 12.0 Å². The highest BCUT2D eigenvalue weighted by Crippen LogP contribution is 2.25. The van der Waals surface area contributed by atoms with E-state index in [0.29, 0.717) is 15.4 Å². The van der Waals surface area contributed by atoms with Gasteiger partial charge in [-0.05, 0) is 48.4 Å². The smallest absolute Gasteiger partial charge is 0.272 e. The molecular weight excluding hydrogens is 374 g/mol. The van der Waals surface area contributed by atoms with Crippen LogP contribution in [0.15, 0.2) is 47.5 Å². The van der Waals surface area contributed by atoms with Gasteiger partial charge in [0.2, 0.25) is 0 Å². The Kier molecular flexibility index (Phi) is 5.01. The van der Waals surface area contributed by atoms with Crippen LogP contribution in [0.3, 0.4) is 0 Å². The zero-order valence-corrected chi connectivity index (χ0v) is 15.5. The molecule has 26 heavy (non-hydrogen) atoms. The molecule has 0 radical (unpaired) electrons. The van der Waals surface area contributed by atoms with E-state index in [1.165, 1.54) is 29.5 Å². The Bertz CT molecular complexity index is 1110. The Morgan fingerprint density at radius 3 is 2.65 bits per heavy atom. The SMILES string of the molecule is Cc1cc(Cl)cc2sc(=NC(=O)/C=C\c3ccc([N+](=O)[O-])cc3)n(C)c12. The molecule has 0 aliphatic heterocycles. The number of hydrogen-bond acceptors (Lipinski definition) is 4. The molecule has 3 rings (SSSR count). The minimum Gasteiger partial charge on any atom is -0.319 e. The lowest BCUT2D eigenvalue weighted by atomic mass is 10.2. The third-order valence-corrected chi connectivity index (χ3v) is 5.08. The fraction of sp³-hybridized carbons (Fsp3) is 0.111. The first kappa shape index (κ1) is 18.0. The number of aromatic nitrogens is 1. The maximum absolute atomic E-state index is 12.1. The van der Waals surface area contributed by atoms with Gasteiger partial charge in [-0.15, -0.1) is 0 Å². The second kappa shape index (κ2) is 7.23. The summed E-state index contributed by atoms with van der Waals surface area (Å²) in [5.74, 6) is -0.408. The molecule has 132 valence electrons. The fourth-order valence-corrected chi connectivity index (χ4v) is 4.06. The monoisotopic (exact) mass is 387 g/mol. The highest BCUT2D eigenvalue weighted by molar-refractivity contribution is 7.16. The summed E-state index contributed by atoms with van der Waals surface area (Å²) in [6.45, 7) is 1.96. The lowest BCUT2D eigenvalue weighted by Crippen LogP contribution is -2.12. The standard InChI is InChI=1S/C18H14ClN3O3S/c1-11-9-13(19)10-15-17(11)21(2)18(26-15)20-16(23)8-5-12-3-6-14(7-4-12)22(24)25/h3-10H,1-2H3/b8-5-,20-18?. The average molecular weight is 388 g/mol. The molecule has 0 fully saturated rings. The summed E-state index contributed by atoms with van der Waals surface area (Å²) in [5.41, 5.74) is 2.69. The van der Waals surface area contributed by atoms with Gasteiger partial charge in [0.15, 0.2) is 4.80 Å². The van der Waals surface area contributed by atoms with E-state index in [9.17, 15) is 14.9 Å². The van der Waals surface area contributed by atoms with Crippen molar-refractivity contribution < 1.29 is 9.72 Å². The summed E-state index contributed by atoms with van der Waals surface area (Å²) in [7, 11) is 1.85. The minimum atomic E-state index is -0.469. The number of rotatable bonds is 3. The Balaban J connectivity index is 1.89. The van der Waals surface area contributed by atoms with Crippen molar-refractivity contribution in [3.8, 4) is 0 Å². The number of nitro groups is 1. The molecule has 0 atom stereocenters. The predicted octanol–water partition coefficient (Wildman–Crippen LogP) is 4.25. The van der Waals surface area contributed by atoms with E-state index < -0.39 is 10.8 Å². The second-order valence-electron chi connectivity index (χ2n) is 5.65. The molecule has 1 aromatic heterocycles. The quantitative estimate of drug-likeness (QED) is 0.383. The first-order valence-corrected chi connectivity index (χ1v) is 8.81. The molecule has 1 amide bonds. The lowest BCUT2D eigenvalue weighted by molar-refractivity contribution is -0.384. The largest absolute Gasteiger partial charge is 0.319 e. The van der Waals surface area contributed by atoms with Crippen molar-refractivity contribution >= 4 is 50.8 Å². The molecule has 0 aliphatic carbocycles. The average Bonchev–Trinajstić information content (AvgIpc) is 2.89. The number of hydrogen-bond donors (Lipinski definition) is 0. The molecule has 2 aromatic carbocycles. The number of thiazole rings is 1. The van der Waals surface area contributed by atoms with E-state index in [1.54, 1.807) is 18.2 Å². The predicted molar refractivity (Wildman–Crippen MR) is 103 cm³/mol. The first-order valence-electron chi connectivity index (χ1n) is 7.62. The number of fused-ring (bicyclic) bond motifs is 1. The molecule has 0 N–H and O–H groups in total. The summed E-state index contributed by atoms with van der Waals surface area (Å²) in [4.78, 5) is 27.0. The summed E-state index contributed by atoms with van der Waals surface area (Å²) in [6, 6.07) is 9.65. The number of amides is 1. The molecule has 1 heterocycles. The van der Waals surface area contributed by atoms with Gasteiger partial charge in [-0.3, -0.25) is 14.9 Å². The molecule has 0 unspecified atom stereocenters. The van der Waals surface area contributed by atoms with E-state index in [0.717, 1.165) is 15.8 Å². The molecule has 3 aromatic rings. The fourth-order valence-electron chi connectivity index (χ4n) is 2.58. The van der Waals surface area contributed by atoms with E-state index in [-0.39, 0.29) is 5.69 Å². The van der Waals surface area contributed by atoms with Gasteiger partial charge in [0, 0.05) is 30.3 Å². The first-order chi connectivity index (χ1) is 12.3. The molecular formula is C18H14ClN3O3S. The van der Waals surface area contributed by atoms with Gasteiger partial charge in [-0.1, -0.05) is 22.9 Å². The van der Waals surface area contributed by atoms with Gasteiger partial charge in [-0.25, -0.2) is 0 Å². The Hall–Kier alpha value is -2.77. The van der Waals surface area contributed by atoms with E-state index >= 15 is 0 Å². The van der Waals surface area contributed by atoms with Crippen molar-refractivity contribution in [1.82, 2.24) is 4.57 Å². The molecule has 0 aliphatic rings. The van der Waals surface area contributed by atoms with Crippen molar-refractivity contribution in [1.29, 1.82) is 0 Å². The number of non-ortho nitro benzene ring substituents is 1. The minimum absolute atomic E-state index is 0.00416. The van der Waals surface area contributed by atoms with Gasteiger partial charge in [0.1, 0.15) is 0 Å². The number of nitrogens with zero attached hydrogens (tertiary/aromatic N) is 3. The van der Waals surface area contributed by atoms with Crippen LogP contribution >= 0.6 is 22.9 Å². The van der Waals surface area contributed by atoms with E-state index in [1.807, 2.05) is 30.7 Å². The summed E-state index contributed by atoms with van der Waals surface area (Å²) < 4.78 is 2.83. The van der Waals surface area contributed by atoms with Crippen LogP contribution in [0.4, 0.5) is 5.69 Å². The summed E-state index contributed by atoms with van der Waals surface area (Å²) in [6.07, 6.45) is 2.91. The van der Waals surface area contributed by atoms with Gasteiger partial charge < -0.3 is 4.57 Å². The molecule has 0 spiro atoms. The number of halogens is 1. The third-order valence-electron chi connectivity index (χ3n) is 3.78. The maximum atomic E-state index is 12.1. The van der Waals surface area contributed by atoms with Gasteiger partial charge in [0.05, 0.1) is 15.1 Å². The molecule has 0 saturated heterocycles. The van der Waals surface area contributed by atoms with Crippen molar-refractivity contribution in [3.05, 3.63) is 73.5 Å². The molecule has 0 bridgehead atoms. The number of carbonyl (C=O) groups excluding carboxylic acids is 1. The van der Waals surface area contributed by atoms with Gasteiger partial charge >= 0.3 is 0 Å².